The fourth-order valence-corrected chi connectivity index (χ4v) is 10.1. The van der Waals surface area contributed by atoms with Crippen molar-refractivity contribution in [3.63, 3.8) is 0 Å². The van der Waals surface area contributed by atoms with Gasteiger partial charge in [0.1, 0.15) is 6.10 Å². The second-order valence-corrected chi connectivity index (χ2v) is 14.5. The van der Waals surface area contributed by atoms with Gasteiger partial charge < -0.3 is 25.0 Å². The Balaban J connectivity index is 1.41. The van der Waals surface area contributed by atoms with Crippen molar-refractivity contribution in [1.82, 2.24) is 4.90 Å². The summed E-state index contributed by atoms with van der Waals surface area (Å²) in [6.07, 6.45) is 11.8. The molecule has 4 aliphatic carbocycles. The zero-order valence-corrected chi connectivity index (χ0v) is 24.9. The summed E-state index contributed by atoms with van der Waals surface area (Å²) in [5.74, 6) is 4.56. The molecule has 10 atom stereocenters. The van der Waals surface area contributed by atoms with Gasteiger partial charge in [0, 0.05) is 13.1 Å². The molecule has 0 spiro atoms. The number of ether oxygens (including phenoxy) is 1. The van der Waals surface area contributed by atoms with Gasteiger partial charge in [-0.1, -0.05) is 53.9 Å². The molecule has 0 aliphatic heterocycles. The molecule has 6 heteroatoms. The van der Waals surface area contributed by atoms with Crippen molar-refractivity contribution < 1.29 is 24.9 Å². The Labute approximate surface area is 231 Å². The van der Waals surface area contributed by atoms with E-state index in [1.807, 2.05) is 0 Å². The van der Waals surface area contributed by atoms with Crippen LogP contribution in [0.15, 0.2) is 0 Å². The molecule has 0 bridgehead atoms. The van der Waals surface area contributed by atoms with Crippen LogP contribution < -0.4 is 0 Å². The van der Waals surface area contributed by atoms with E-state index >= 15 is 0 Å². The summed E-state index contributed by atoms with van der Waals surface area (Å²) in [6, 6.07) is 0. The van der Waals surface area contributed by atoms with Gasteiger partial charge in [0.15, 0.2) is 0 Å². The number of hydrogen-bond acceptors (Lipinski definition) is 5. The number of nitrogens with zero attached hydrogens (tertiary/aromatic N) is 1. The molecule has 1 amide bonds. The van der Waals surface area contributed by atoms with Crippen LogP contribution in [0.1, 0.15) is 105 Å². The van der Waals surface area contributed by atoms with Crippen molar-refractivity contribution in [2.45, 2.75) is 117 Å². The van der Waals surface area contributed by atoms with Gasteiger partial charge in [0.25, 0.3) is 0 Å². The van der Waals surface area contributed by atoms with Gasteiger partial charge in [-0.25, -0.2) is 4.79 Å². The summed E-state index contributed by atoms with van der Waals surface area (Å²) >= 11 is 0. The number of carbonyl (C=O) groups is 1. The minimum absolute atomic E-state index is 0.101. The predicted octanol–water partition coefficient (Wildman–Crippen LogP) is 5.87. The van der Waals surface area contributed by atoms with E-state index in [2.05, 4.69) is 34.6 Å². The van der Waals surface area contributed by atoms with Gasteiger partial charge in [-0.05, 0) is 104 Å². The first-order valence-corrected chi connectivity index (χ1v) is 15.9. The maximum absolute atomic E-state index is 12.7. The first-order chi connectivity index (χ1) is 18.0. The van der Waals surface area contributed by atoms with E-state index in [0.717, 1.165) is 49.4 Å². The monoisotopic (exact) mass is 535 g/mol. The van der Waals surface area contributed by atoms with E-state index in [0.29, 0.717) is 17.3 Å². The minimum atomic E-state index is -0.460. The summed E-state index contributed by atoms with van der Waals surface area (Å²) in [6.45, 7) is 12.2. The maximum atomic E-state index is 12.7. The van der Waals surface area contributed by atoms with E-state index in [9.17, 15) is 20.1 Å². The Kier molecular flexibility index (Phi) is 9.78. The molecule has 6 nitrogen and oxygen atoms in total. The summed E-state index contributed by atoms with van der Waals surface area (Å²) in [7, 11) is 0. The average molecular weight is 536 g/mol. The number of carbonyl (C=O) groups excluding carboxylic acids is 1. The lowest BCUT2D eigenvalue weighted by Gasteiger charge is -2.62. The number of hydrogen-bond donors (Lipinski definition) is 3. The third-order valence-corrected chi connectivity index (χ3v) is 12.1. The molecule has 0 unspecified atom stereocenters. The summed E-state index contributed by atoms with van der Waals surface area (Å²) < 4.78 is 5.86. The quantitative estimate of drug-likeness (QED) is 0.325. The highest BCUT2D eigenvalue weighted by molar-refractivity contribution is 5.67. The summed E-state index contributed by atoms with van der Waals surface area (Å²) in [5, 5.41) is 30.1. The molecule has 4 fully saturated rings. The van der Waals surface area contributed by atoms with Crippen LogP contribution in [0.4, 0.5) is 4.79 Å². The van der Waals surface area contributed by atoms with Crippen LogP contribution in [-0.2, 0) is 4.74 Å². The first kappa shape index (κ1) is 30.1. The van der Waals surface area contributed by atoms with E-state index in [-0.39, 0.29) is 49.8 Å². The molecular weight excluding hydrogens is 478 g/mol. The smallest absolute Gasteiger partial charge is 0.410 e. The van der Waals surface area contributed by atoms with E-state index in [1.54, 1.807) is 0 Å². The Morgan fingerprint density at radius 1 is 0.895 bits per heavy atom. The molecule has 3 N–H and O–H groups in total. The Bertz CT molecular complexity index is 784. The van der Waals surface area contributed by atoms with Gasteiger partial charge in [-0.3, -0.25) is 0 Å². The summed E-state index contributed by atoms with van der Waals surface area (Å²) in [5.41, 5.74) is 0.514. The van der Waals surface area contributed by atoms with Gasteiger partial charge in [-0.2, -0.15) is 0 Å². The third kappa shape index (κ3) is 5.79. The maximum Gasteiger partial charge on any atom is 0.410 e. The predicted molar refractivity (Wildman–Crippen MR) is 150 cm³/mol. The fraction of sp³-hybridized carbons (Fsp3) is 0.969. The molecule has 220 valence electrons. The molecule has 38 heavy (non-hydrogen) atoms. The molecule has 0 aromatic carbocycles. The van der Waals surface area contributed by atoms with Crippen LogP contribution in [0, 0.1) is 52.3 Å². The molecule has 0 aromatic rings. The largest absolute Gasteiger partial charge is 0.446 e. The van der Waals surface area contributed by atoms with Gasteiger partial charge in [-0.15, -0.1) is 0 Å². The fourth-order valence-electron chi connectivity index (χ4n) is 10.1. The SMILES string of the molecule is CC(C)CCC[C@@H](C)[C@H]1CC[C@H]2[C@@H]3C[C@H](O)[C@H]4C[C@@H](OC(=O)N(CCO)CCO)CC[C@]4(C)[C@H]3CC[C@]12C. The Morgan fingerprint density at radius 3 is 2.21 bits per heavy atom. The molecule has 0 aromatic heterocycles. The van der Waals surface area contributed by atoms with Gasteiger partial charge in [0.2, 0.25) is 0 Å². The molecular formula is C32H57NO5. The molecule has 0 heterocycles. The lowest BCUT2D eigenvalue weighted by molar-refractivity contribution is -0.173. The molecule has 0 saturated heterocycles. The number of amides is 1. The molecule has 4 rings (SSSR count). The number of aliphatic hydroxyl groups is 3. The van der Waals surface area contributed by atoms with Crippen LogP contribution in [0.2, 0.25) is 0 Å². The topological polar surface area (TPSA) is 90.2 Å². The van der Waals surface area contributed by atoms with Gasteiger partial charge in [0.05, 0.1) is 19.3 Å². The molecule has 4 saturated carbocycles. The van der Waals surface area contributed by atoms with E-state index in [4.69, 9.17) is 4.74 Å². The number of aliphatic hydroxyl groups excluding tert-OH is 3. The standard InChI is InChI=1S/C32H57NO5/c1-21(2)7-6-8-22(3)25-9-10-26-24-20-29(36)28-19-23(38-30(37)33(15-17-34)16-18-35)11-13-32(28,5)27(24)12-14-31(25,26)4/h21-29,34-36H,6-20H2,1-5H3/t22-,23+,24+,25-,26+,27+,28-,29+,31-,32-/m1/s1. The highest BCUT2D eigenvalue weighted by Crippen LogP contribution is 2.68. The number of rotatable bonds is 10. The van der Waals surface area contributed by atoms with Crippen molar-refractivity contribution in [1.29, 1.82) is 0 Å². The van der Waals surface area contributed by atoms with Crippen LogP contribution >= 0.6 is 0 Å². The third-order valence-electron chi connectivity index (χ3n) is 12.1. The second-order valence-electron chi connectivity index (χ2n) is 14.5. The lowest BCUT2D eigenvalue weighted by atomic mass is 9.43. The van der Waals surface area contributed by atoms with Gasteiger partial charge >= 0.3 is 6.09 Å². The highest BCUT2D eigenvalue weighted by Gasteiger charge is 2.62. The van der Waals surface area contributed by atoms with Crippen LogP contribution in [0.25, 0.3) is 0 Å². The van der Waals surface area contributed by atoms with Crippen LogP contribution in [-0.4, -0.2) is 64.8 Å². The zero-order valence-electron chi connectivity index (χ0n) is 24.9. The highest BCUT2D eigenvalue weighted by atomic mass is 16.6. The molecule has 0 radical (unpaired) electrons. The van der Waals surface area contributed by atoms with Crippen molar-refractivity contribution in [2.24, 2.45) is 52.3 Å². The van der Waals surface area contributed by atoms with Crippen molar-refractivity contribution in [3.8, 4) is 0 Å². The zero-order chi connectivity index (χ0) is 27.7. The van der Waals surface area contributed by atoms with E-state index < -0.39 is 6.09 Å². The summed E-state index contributed by atoms with van der Waals surface area (Å²) in [4.78, 5) is 14.1. The first-order valence-electron chi connectivity index (χ1n) is 15.9. The Hall–Kier alpha value is -0.850. The average Bonchev–Trinajstić information content (AvgIpc) is 3.22. The minimum Gasteiger partial charge on any atom is -0.446 e. The van der Waals surface area contributed by atoms with Crippen molar-refractivity contribution in [2.75, 3.05) is 26.3 Å². The van der Waals surface area contributed by atoms with Crippen molar-refractivity contribution in [3.05, 3.63) is 0 Å². The normalized spacial score (nSPS) is 41.2. The van der Waals surface area contributed by atoms with Crippen LogP contribution in [0.3, 0.4) is 0 Å². The van der Waals surface area contributed by atoms with Crippen LogP contribution in [0.5, 0.6) is 0 Å². The number of fused-ring (bicyclic) bond motifs is 5. The second kappa shape index (κ2) is 12.3. The Morgan fingerprint density at radius 2 is 1.55 bits per heavy atom. The molecule has 4 aliphatic rings. The van der Waals surface area contributed by atoms with Crippen molar-refractivity contribution >= 4 is 6.09 Å². The van der Waals surface area contributed by atoms with E-state index in [1.165, 1.54) is 49.8 Å². The lowest BCUT2D eigenvalue weighted by Crippen LogP contribution is -2.58.